The smallest absolute Gasteiger partial charge is 0.131 e. The molecule has 1 aliphatic rings. The van der Waals surface area contributed by atoms with Crippen molar-refractivity contribution in [2.24, 2.45) is 4.99 Å². The van der Waals surface area contributed by atoms with E-state index in [0.717, 1.165) is 37.7 Å². The van der Waals surface area contributed by atoms with Crippen molar-refractivity contribution in [3.8, 4) is 0 Å². The molecule has 0 bridgehead atoms. The minimum absolute atomic E-state index is 0.00507. The zero-order valence-corrected chi connectivity index (χ0v) is 9.26. The maximum absolute atomic E-state index is 9.35. The van der Waals surface area contributed by atoms with Crippen molar-refractivity contribution in [2.75, 3.05) is 32.8 Å². The van der Waals surface area contributed by atoms with Gasteiger partial charge in [0.15, 0.2) is 0 Å². The second-order valence-corrected chi connectivity index (χ2v) is 3.76. The fourth-order valence-corrected chi connectivity index (χ4v) is 1.78. The first-order chi connectivity index (χ1) is 7.90. The van der Waals surface area contributed by atoms with E-state index in [0.29, 0.717) is 0 Å². The lowest BCUT2D eigenvalue weighted by atomic mass is 10.3. The molecule has 0 aromatic heterocycles. The van der Waals surface area contributed by atoms with Crippen LogP contribution in [-0.4, -0.2) is 48.6 Å². The van der Waals surface area contributed by atoms with Gasteiger partial charge in [-0.05, 0) is 12.1 Å². The Bertz CT molecular complexity index is 345. The molecule has 0 unspecified atom stereocenters. The monoisotopic (exact) mass is 219 g/mol. The van der Waals surface area contributed by atoms with Crippen LogP contribution in [0.15, 0.2) is 35.3 Å². The predicted octanol–water partition coefficient (Wildman–Crippen LogP) is 0.614. The van der Waals surface area contributed by atoms with Gasteiger partial charge in [-0.2, -0.15) is 0 Å². The SMILES string of the molecule is OCC(=Nc1ccccc1)N1CCNCC1. The van der Waals surface area contributed by atoms with E-state index < -0.39 is 0 Å². The molecule has 0 spiro atoms. The summed E-state index contributed by atoms with van der Waals surface area (Å²) in [6.45, 7) is 3.72. The molecule has 2 N–H and O–H groups in total. The highest BCUT2D eigenvalue weighted by molar-refractivity contribution is 5.86. The molecule has 0 atom stereocenters. The normalized spacial score (nSPS) is 17.6. The summed E-state index contributed by atoms with van der Waals surface area (Å²) in [6, 6.07) is 9.75. The van der Waals surface area contributed by atoms with Crippen LogP contribution in [-0.2, 0) is 0 Å². The summed E-state index contributed by atoms with van der Waals surface area (Å²) in [5.41, 5.74) is 0.894. The van der Waals surface area contributed by atoms with E-state index in [1.807, 2.05) is 30.3 Å². The number of piperazine rings is 1. The zero-order chi connectivity index (χ0) is 11.2. The Labute approximate surface area is 95.6 Å². The van der Waals surface area contributed by atoms with Gasteiger partial charge in [0, 0.05) is 26.2 Å². The van der Waals surface area contributed by atoms with Gasteiger partial charge in [-0.15, -0.1) is 0 Å². The van der Waals surface area contributed by atoms with Gasteiger partial charge in [0.25, 0.3) is 0 Å². The zero-order valence-electron chi connectivity index (χ0n) is 9.26. The van der Waals surface area contributed by atoms with Gasteiger partial charge in [-0.25, -0.2) is 4.99 Å². The van der Waals surface area contributed by atoms with E-state index in [1.165, 1.54) is 0 Å². The van der Waals surface area contributed by atoms with Gasteiger partial charge in [-0.1, -0.05) is 18.2 Å². The van der Waals surface area contributed by atoms with E-state index >= 15 is 0 Å². The van der Waals surface area contributed by atoms with E-state index in [1.54, 1.807) is 0 Å². The summed E-state index contributed by atoms with van der Waals surface area (Å²) in [7, 11) is 0. The lowest BCUT2D eigenvalue weighted by molar-refractivity contribution is 0.300. The Morgan fingerprint density at radius 3 is 2.56 bits per heavy atom. The van der Waals surface area contributed by atoms with Crippen LogP contribution in [0.2, 0.25) is 0 Å². The first-order valence-electron chi connectivity index (χ1n) is 5.59. The molecule has 1 aromatic carbocycles. The van der Waals surface area contributed by atoms with Gasteiger partial charge >= 0.3 is 0 Å². The highest BCUT2D eigenvalue weighted by Crippen LogP contribution is 2.11. The average molecular weight is 219 g/mol. The number of para-hydroxylation sites is 1. The molecular weight excluding hydrogens is 202 g/mol. The van der Waals surface area contributed by atoms with E-state index in [-0.39, 0.29) is 6.61 Å². The number of amidine groups is 1. The molecule has 86 valence electrons. The molecule has 4 nitrogen and oxygen atoms in total. The summed E-state index contributed by atoms with van der Waals surface area (Å²) in [6.07, 6.45) is 0. The van der Waals surface area contributed by atoms with Crippen LogP contribution in [0.5, 0.6) is 0 Å². The third kappa shape index (κ3) is 2.81. The molecule has 1 saturated heterocycles. The van der Waals surface area contributed by atoms with Gasteiger partial charge in [0.1, 0.15) is 12.4 Å². The summed E-state index contributed by atoms with van der Waals surface area (Å²) in [5, 5.41) is 12.6. The molecule has 1 fully saturated rings. The van der Waals surface area contributed by atoms with Crippen LogP contribution in [0, 0.1) is 0 Å². The molecule has 4 heteroatoms. The standard InChI is InChI=1S/C12H17N3O/c16-10-12(15-8-6-13-7-9-15)14-11-4-2-1-3-5-11/h1-5,13,16H,6-10H2. The third-order valence-corrected chi connectivity index (χ3v) is 2.64. The Balaban J connectivity index is 2.12. The van der Waals surface area contributed by atoms with Gasteiger partial charge in [0.2, 0.25) is 0 Å². The van der Waals surface area contributed by atoms with Crippen molar-refractivity contribution in [1.29, 1.82) is 0 Å². The Kier molecular flexibility index (Phi) is 3.91. The first-order valence-corrected chi connectivity index (χ1v) is 5.59. The molecule has 2 rings (SSSR count). The Morgan fingerprint density at radius 2 is 1.94 bits per heavy atom. The summed E-state index contributed by atoms with van der Waals surface area (Å²) in [4.78, 5) is 6.59. The van der Waals surface area contributed by atoms with Crippen molar-refractivity contribution in [3.63, 3.8) is 0 Å². The van der Waals surface area contributed by atoms with Crippen molar-refractivity contribution in [2.45, 2.75) is 0 Å². The second-order valence-electron chi connectivity index (χ2n) is 3.76. The minimum Gasteiger partial charge on any atom is -0.388 e. The number of hydrogen-bond donors (Lipinski definition) is 2. The quantitative estimate of drug-likeness (QED) is 0.566. The molecule has 0 aliphatic carbocycles. The van der Waals surface area contributed by atoms with Crippen LogP contribution in [0.3, 0.4) is 0 Å². The van der Waals surface area contributed by atoms with Crippen LogP contribution in [0.4, 0.5) is 5.69 Å². The van der Waals surface area contributed by atoms with E-state index in [9.17, 15) is 5.11 Å². The van der Waals surface area contributed by atoms with Crippen molar-refractivity contribution >= 4 is 11.5 Å². The number of aliphatic hydroxyl groups excluding tert-OH is 1. The van der Waals surface area contributed by atoms with E-state index in [2.05, 4.69) is 15.2 Å². The Morgan fingerprint density at radius 1 is 1.25 bits per heavy atom. The largest absolute Gasteiger partial charge is 0.388 e. The summed E-state index contributed by atoms with van der Waals surface area (Å²) in [5.74, 6) is 0.757. The number of nitrogens with zero attached hydrogens (tertiary/aromatic N) is 2. The van der Waals surface area contributed by atoms with Gasteiger partial charge in [-0.3, -0.25) is 0 Å². The summed E-state index contributed by atoms with van der Waals surface area (Å²) < 4.78 is 0. The molecule has 16 heavy (non-hydrogen) atoms. The molecule has 0 radical (unpaired) electrons. The number of rotatable bonds is 2. The topological polar surface area (TPSA) is 47.9 Å². The lowest BCUT2D eigenvalue weighted by Crippen LogP contribution is -2.47. The maximum Gasteiger partial charge on any atom is 0.131 e. The molecule has 1 heterocycles. The number of aliphatic hydroxyl groups is 1. The second kappa shape index (κ2) is 5.63. The van der Waals surface area contributed by atoms with Gasteiger partial charge in [0.05, 0.1) is 5.69 Å². The number of aliphatic imine (C=N–C) groups is 1. The fourth-order valence-electron chi connectivity index (χ4n) is 1.78. The third-order valence-electron chi connectivity index (χ3n) is 2.64. The summed E-state index contributed by atoms with van der Waals surface area (Å²) >= 11 is 0. The highest BCUT2D eigenvalue weighted by Gasteiger charge is 2.13. The minimum atomic E-state index is -0.00507. The number of benzene rings is 1. The average Bonchev–Trinajstić information content (AvgIpc) is 2.38. The molecule has 0 saturated carbocycles. The van der Waals surface area contributed by atoms with Crippen LogP contribution < -0.4 is 5.32 Å². The predicted molar refractivity (Wildman–Crippen MR) is 65.1 cm³/mol. The van der Waals surface area contributed by atoms with Crippen LogP contribution >= 0.6 is 0 Å². The Hall–Kier alpha value is -1.39. The van der Waals surface area contributed by atoms with Crippen molar-refractivity contribution in [1.82, 2.24) is 10.2 Å². The first kappa shape index (κ1) is 11.1. The maximum atomic E-state index is 9.35. The van der Waals surface area contributed by atoms with Crippen molar-refractivity contribution < 1.29 is 5.11 Å². The van der Waals surface area contributed by atoms with E-state index in [4.69, 9.17) is 0 Å². The molecule has 1 aliphatic heterocycles. The van der Waals surface area contributed by atoms with Crippen LogP contribution in [0.1, 0.15) is 0 Å². The van der Waals surface area contributed by atoms with Gasteiger partial charge < -0.3 is 15.3 Å². The molecular formula is C12H17N3O. The molecule has 0 amide bonds. The fraction of sp³-hybridized carbons (Fsp3) is 0.417. The number of nitrogens with one attached hydrogen (secondary N) is 1. The van der Waals surface area contributed by atoms with Crippen molar-refractivity contribution in [3.05, 3.63) is 30.3 Å². The highest BCUT2D eigenvalue weighted by atomic mass is 16.3. The number of hydrogen-bond acceptors (Lipinski definition) is 3. The van der Waals surface area contributed by atoms with Crippen LogP contribution in [0.25, 0.3) is 0 Å². The molecule has 1 aromatic rings. The lowest BCUT2D eigenvalue weighted by Gasteiger charge is -2.29.